The quantitative estimate of drug-likeness (QED) is 0.895. The van der Waals surface area contributed by atoms with E-state index in [1.54, 1.807) is 11.3 Å². The van der Waals surface area contributed by atoms with Crippen molar-refractivity contribution in [3.63, 3.8) is 0 Å². The molecular formula is C11H15BrN2O2S. The summed E-state index contributed by atoms with van der Waals surface area (Å²) in [7, 11) is 0. The zero-order valence-corrected chi connectivity index (χ0v) is 11.9. The Hall–Kier alpha value is -0.430. The summed E-state index contributed by atoms with van der Waals surface area (Å²) >= 11 is 5.10. The Morgan fingerprint density at radius 3 is 2.94 bits per heavy atom. The third kappa shape index (κ3) is 2.54. The molecule has 1 aliphatic heterocycles. The van der Waals surface area contributed by atoms with Crippen molar-refractivity contribution in [1.29, 1.82) is 0 Å². The Balaban J connectivity index is 2.08. The molecule has 0 bridgehead atoms. The lowest BCUT2D eigenvalue weighted by Crippen LogP contribution is -2.50. The van der Waals surface area contributed by atoms with Crippen molar-refractivity contribution < 1.29 is 9.90 Å². The van der Waals surface area contributed by atoms with Gasteiger partial charge in [0.1, 0.15) is 5.54 Å². The van der Waals surface area contributed by atoms with Crippen LogP contribution in [0.4, 0.5) is 0 Å². The second kappa shape index (κ2) is 4.68. The van der Waals surface area contributed by atoms with E-state index < -0.39 is 11.5 Å². The Bertz CT molecular complexity index is 437. The molecule has 1 saturated heterocycles. The van der Waals surface area contributed by atoms with Gasteiger partial charge >= 0.3 is 5.97 Å². The number of thiophene rings is 1. The normalized spacial score (nSPS) is 27.2. The molecule has 0 aliphatic carbocycles. The lowest BCUT2D eigenvalue weighted by atomic mass is 10.0. The topological polar surface area (TPSA) is 66.6 Å². The van der Waals surface area contributed by atoms with Crippen LogP contribution in [0.25, 0.3) is 0 Å². The molecule has 0 saturated carbocycles. The highest BCUT2D eigenvalue weighted by molar-refractivity contribution is 9.10. The molecule has 2 heterocycles. The van der Waals surface area contributed by atoms with Crippen LogP contribution in [0.1, 0.15) is 24.3 Å². The number of nitrogens with two attached hydrogens (primary N) is 1. The third-order valence-electron chi connectivity index (χ3n) is 3.30. The molecule has 0 radical (unpaired) electrons. The maximum atomic E-state index is 11.1. The van der Waals surface area contributed by atoms with E-state index in [1.165, 1.54) is 4.88 Å². The monoisotopic (exact) mass is 318 g/mol. The molecular weight excluding hydrogens is 304 g/mol. The third-order valence-corrected chi connectivity index (χ3v) is 5.17. The van der Waals surface area contributed by atoms with Gasteiger partial charge < -0.3 is 10.8 Å². The van der Waals surface area contributed by atoms with Crippen molar-refractivity contribution in [2.24, 2.45) is 5.73 Å². The fourth-order valence-corrected chi connectivity index (χ4v) is 3.63. The first-order valence-electron chi connectivity index (χ1n) is 5.43. The predicted molar refractivity (Wildman–Crippen MR) is 71.2 cm³/mol. The van der Waals surface area contributed by atoms with Crippen LogP contribution in [0.5, 0.6) is 0 Å². The lowest BCUT2D eigenvalue weighted by Gasteiger charge is -2.25. The molecule has 0 amide bonds. The molecule has 0 aromatic carbocycles. The van der Waals surface area contributed by atoms with Gasteiger partial charge in [-0.25, -0.2) is 0 Å². The number of likely N-dealkylation sites (tertiary alicyclic amines) is 1. The van der Waals surface area contributed by atoms with Crippen molar-refractivity contribution in [3.05, 3.63) is 20.8 Å². The highest BCUT2D eigenvalue weighted by Crippen LogP contribution is 2.33. The molecule has 2 rings (SSSR count). The van der Waals surface area contributed by atoms with Crippen LogP contribution < -0.4 is 5.73 Å². The maximum absolute atomic E-state index is 11.1. The summed E-state index contributed by atoms with van der Waals surface area (Å²) in [6, 6.07) is 2.29. The molecule has 6 heteroatoms. The molecule has 1 aromatic rings. The standard InChI is InChI=1S/C11H15BrN2O2S/c1-7(9-4-8(12)5-17-9)14-3-2-11(13,6-14)10(15)16/h4-5,7H,2-3,6,13H2,1H3,(H,15,16). The minimum absolute atomic E-state index is 0.219. The molecule has 2 unspecified atom stereocenters. The van der Waals surface area contributed by atoms with Crippen molar-refractivity contribution in [2.45, 2.75) is 24.9 Å². The van der Waals surface area contributed by atoms with Gasteiger partial charge in [-0.3, -0.25) is 9.69 Å². The van der Waals surface area contributed by atoms with Gasteiger partial charge in [-0.15, -0.1) is 11.3 Å². The van der Waals surface area contributed by atoms with Crippen LogP contribution in [0.2, 0.25) is 0 Å². The largest absolute Gasteiger partial charge is 0.480 e. The van der Waals surface area contributed by atoms with Crippen LogP contribution in [0, 0.1) is 0 Å². The van der Waals surface area contributed by atoms with Crippen molar-refractivity contribution >= 4 is 33.2 Å². The number of rotatable bonds is 3. The maximum Gasteiger partial charge on any atom is 0.325 e. The minimum atomic E-state index is -1.08. The Labute approximate surface area is 113 Å². The predicted octanol–water partition coefficient (Wildman–Crippen LogP) is 2.06. The van der Waals surface area contributed by atoms with E-state index in [2.05, 4.69) is 33.8 Å². The van der Waals surface area contributed by atoms with Crippen molar-refractivity contribution in [3.8, 4) is 0 Å². The summed E-state index contributed by atoms with van der Waals surface area (Å²) in [5.74, 6) is -0.903. The van der Waals surface area contributed by atoms with E-state index in [4.69, 9.17) is 10.8 Å². The average molecular weight is 319 g/mol. The number of aliphatic carboxylic acids is 1. The second-order valence-corrected chi connectivity index (χ2v) is 6.38. The van der Waals surface area contributed by atoms with Crippen molar-refractivity contribution in [2.75, 3.05) is 13.1 Å². The van der Waals surface area contributed by atoms with E-state index in [9.17, 15) is 4.79 Å². The van der Waals surface area contributed by atoms with Gasteiger partial charge in [0.25, 0.3) is 0 Å². The van der Waals surface area contributed by atoms with Gasteiger partial charge in [-0.05, 0) is 35.3 Å². The van der Waals surface area contributed by atoms with E-state index in [0.29, 0.717) is 13.0 Å². The van der Waals surface area contributed by atoms with Crippen LogP contribution in [-0.4, -0.2) is 34.6 Å². The molecule has 17 heavy (non-hydrogen) atoms. The Kier molecular flexibility index (Phi) is 3.58. The number of hydrogen-bond donors (Lipinski definition) is 2. The summed E-state index contributed by atoms with van der Waals surface area (Å²) in [5, 5.41) is 11.1. The first kappa shape index (κ1) is 13.0. The number of carboxylic acid groups (broad SMARTS) is 1. The van der Waals surface area contributed by atoms with Crippen LogP contribution in [0.3, 0.4) is 0 Å². The first-order valence-corrected chi connectivity index (χ1v) is 7.10. The highest BCUT2D eigenvalue weighted by atomic mass is 79.9. The van der Waals surface area contributed by atoms with Gasteiger partial charge in [0.05, 0.1) is 0 Å². The van der Waals surface area contributed by atoms with E-state index in [1.807, 2.05) is 5.38 Å². The van der Waals surface area contributed by atoms with Gasteiger partial charge in [0, 0.05) is 33.9 Å². The summed E-state index contributed by atoms with van der Waals surface area (Å²) in [6.07, 6.45) is 0.513. The summed E-state index contributed by atoms with van der Waals surface area (Å²) in [6.45, 7) is 3.24. The fourth-order valence-electron chi connectivity index (χ4n) is 2.10. The van der Waals surface area contributed by atoms with E-state index in [-0.39, 0.29) is 6.04 Å². The van der Waals surface area contributed by atoms with Gasteiger partial charge in [-0.2, -0.15) is 0 Å². The molecule has 4 nitrogen and oxygen atoms in total. The lowest BCUT2D eigenvalue weighted by molar-refractivity contribution is -0.142. The highest BCUT2D eigenvalue weighted by Gasteiger charge is 2.42. The van der Waals surface area contributed by atoms with Gasteiger partial charge in [-0.1, -0.05) is 0 Å². The van der Waals surface area contributed by atoms with E-state index >= 15 is 0 Å². The fraction of sp³-hybridized carbons (Fsp3) is 0.545. The molecule has 2 atom stereocenters. The van der Waals surface area contributed by atoms with Crippen LogP contribution >= 0.6 is 27.3 Å². The first-order chi connectivity index (χ1) is 7.92. The van der Waals surface area contributed by atoms with Crippen molar-refractivity contribution in [1.82, 2.24) is 4.90 Å². The summed E-state index contributed by atoms with van der Waals surface area (Å²) < 4.78 is 1.07. The average Bonchev–Trinajstić information content (AvgIpc) is 2.85. The molecule has 3 N–H and O–H groups in total. The molecule has 1 aromatic heterocycles. The SMILES string of the molecule is CC(c1cc(Br)cs1)N1CCC(N)(C(=O)O)C1. The zero-order chi connectivity index (χ0) is 12.6. The minimum Gasteiger partial charge on any atom is -0.480 e. The molecule has 0 spiro atoms. The summed E-state index contributed by atoms with van der Waals surface area (Å²) in [4.78, 5) is 14.4. The Morgan fingerprint density at radius 1 is 1.76 bits per heavy atom. The number of carbonyl (C=O) groups is 1. The molecule has 94 valence electrons. The van der Waals surface area contributed by atoms with Gasteiger partial charge in [0.2, 0.25) is 0 Å². The van der Waals surface area contributed by atoms with Crippen LogP contribution in [-0.2, 0) is 4.79 Å². The number of halogens is 1. The van der Waals surface area contributed by atoms with Gasteiger partial charge in [0.15, 0.2) is 0 Å². The summed E-state index contributed by atoms with van der Waals surface area (Å²) in [5.41, 5.74) is 4.79. The Morgan fingerprint density at radius 2 is 2.47 bits per heavy atom. The zero-order valence-electron chi connectivity index (χ0n) is 9.52. The number of carboxylic acids is 1. The van der Waals surface area contributed by atoms with Crippen LogP contribution in [0.15, 0.2) is 15.9 Å². The second-order valence-electron chi connectivity index (χ2n) is 4.53. The molecule has 1 aliphatic rings. The smallest absolute Gasteiger partial charge is 0.325 e. The number of hydrogen-bond acceptors (Lipinski definition) is 4. The van der Waals surface area contributed by atoms with E-state index in [0.717, 1.165) is 11.0 Å². The number of nitrogens with zero attached hydrogens (tertiary/aromatic N) is 1. The molecule has 1 fully saturated rings.